The summed E-state index contributed by atoms with van der Waals surface area (Å²) in [5.74, 6) is 0.549. The van der Waals surface area contributed by atoms with Crippen molar-refractivity contribution in [1.29, 1.82) is 0 Å². The van der Waals surface area contributed by atoms with Crippen LogP contribution in [0.15, 0.2) is 23.1 Å². The fraction of sp³-hybridized carbons (Fsp3) is 0.538. The fourth-order valence-corrected chi connectivity index (χ4v) is 4.15. The quantitative estimate of drug-likeness (QED) is 0.776. The fourth-order valence-electron chi connectivity index (χ4n) is 2.42. The van der Waals surface area contributed by atoms with Gasteiger partial charge in [0.05, 0.1) is 4.90 Å². The lowest BCUT2D eigenvalue weighted by molar-refractivity contribution is 0.288. The molecule has 1 aromatic carbocycles. The SMILES string of the molecule is Cc1ccc(B(O)O)cc1S(=O)(=O)N1CCC(C)CC1. The summed E-state index contributed by atoms with van der Waals surface area (Å²) in [6, 6.07) is 4.49. The molecule has 7 heteroatoms. The van der Waals surface area contributed by atoms with Gasteiger partial charge in [-0.05, 0) is 42.8 Å². The van der Waals surface area contributed by atoms with Crippen molar-refractivity contribution < 1.29 is 18.5 Å². The van der Waals surface area contributed by atoms with Crippen LogP contribution < -0.4 is 5.46 Å². The van der Waals surface area contributed by atoms with Crippen molar-refractivity contribution in [3.63, 3.8) is 0 Å². The Kier molecular flexibility index (Phi) is 4.54. The maximum Gasteiger partial charge on any atom is 0.488 e. The number of hydrogen-bond donors (Lipinski definition) is 2. The minimum atomic E-state index is -3.56. The van der Waals surface area contributed by atoms with Crippen LogP contribution in [0.5, 0.6) is 0 Å². The predicted molar refractivity (Wildman–Crippen MR) is 78.2 cm³/mol. The molecular formula is C13H20BNO4S. The van der Waals surface area contributed by atoms with Gasteiger partial charge in [-0.2, -0.15) is 4.31 Å². The van der Waals surface area contributed by atoms with Gasteiger partial charge in [-0.1, -0.05) is 19.1 Å². The lowest BCUT2D eigenvalue weighted by Crippen LogP contribution is -2.39. The average molecular weight is 297 g/mol. The van der Waals surface area contributed by atoms with Crippen LogP contribution in [0.3, 0.4) is 0 Å². The second kappa shape index (κ2) is 5.85. The number of nitrogens with zero attached hydrogens (tertiary/aromatic N) is 1. The van der Waals surface area contributed by atoms with Crippen LogP contribution in [0, 0.1) is 12.8 Å². The first-order valence-electron chi connectivity index (χ1n) is 6.79. The van der Waals surface area contributed by atoms with Gasteiger partial charge in [-0.25, -0.2) is 8.42 Å². The van der Waals surface area contributed by atoms with E-state index < -0.39 is 17.1 Å². The molecule has 0 aliphatic carbocycles. The maximum absolute atomic E-state index is 12.7. The Labute approximate surface area is 120 Å². The Balaban J connectivity index is 2.36. The molecule has 1 aromatic rings. The van der Waals surface area contributed by atoms with Gasteiger partial charge in [0.25, 0.3) is 0 Å². The topological polar surface area (TPSA) is 77.8 Å². The van der Waals surface area contributed by atoms with Gasteiger partial charge in [-0.3, -0.25) is 0 Å². The van der Waals surface area contributed by atoms with E-state index in [0.29, 0.717) is 24.6 Å². The van der Waals surface area contributed by atoms with Crippen LogP contribution >= 0.6 is 0 Å². The Hall–Kier alpha value is -0.885. The van der Waals surface area contributed by atoms with E-state index >= 15 is 0 Å². The summed E-state index contributed by atoms with van der Waals surface area (Å²) in [5, 5.41) is 18.4. The molecule has 0 bridgehead atoms. The first-order valence-corrected chi connectivity index (χ1v) is 8.23. The molecule has 1 saturated heterocycles. The molecule has 0 amide bonds. The molecule has 20 heavy (non-hydrogen) atoms. The molecule has 0 spiro atoms. The summed E-state index contributed by atoms with van der Waals surface area (Å²) >= 11 is 0. The first-order chi connectivity index (χ1) is 9.32. The van der Waals surface area contributed by atoms with E-state index in [1.165, 1.54) is 16.4 Å². The third-order valence-corrected chi connectivity index (χ3v) is 5.91. The summed E-state index contributed by atoms with van der Waals surface area (Å²) in [5.41, 5.74) is 0.813. The van der Waals surface area contributed by atoms with Gasteiger partial charge in [0.15, 0.2) is 0 Å². The monoisotopic (exact) mass is 297 g/mol. The highest BCUT2D eigenvalue weighted by molar-refractivity contribution is 7.89. The van der Waals surface area contributed by atoms with E-state index in [-0.39, 0.29) is 10.4 Å². The van der Waals surface area contributed by atoms with Crippen molar-refractivity contribution in [2.24, 2.45) is 5.92 Å². The summed E-state index contributed by atoms with van der Waals surface area (Å²) in [6.45, 7) is 4.88. The number of rotatable bonds is 3. The molecule has 0 unspecified atom stereocenters. The van der Waals surface area contributed by atoms with Crippen molar-refractivity contribution in [3.8, 4) is 0 Å². The van der Waals surface area contributed by atoms with E-state index in [4.69, 9.17) is 0 Å². The number of sulfonamides is 1. The smallest absolute Gasteiger partial charge is 0.423 e. The Morgan fingerprint density at radius 1 is 1.25 bits per heavy atom. The Morgan fingerprint density at radius 3 is 2.40 bits per heavy atom. The Bertz CT molecular complexity index is 580. The van der Waals surface area contributed by atoms with Crippen molar-refractivity contribution in [2.75, 3.05) is 13.1 Å². The molecule has 0 atom stereocenters. The summed E-state index contributed by atoms with van der Waals surface area (Å²) < 4.78 is 26.8. The van der Waals surface area contributed by atoms with Crippen molar-refractivity contribution in [1.82, 2.24) is 4.31 Å². The zero-order valence-corrected chi connectivity index (χ0v) is 12.6. The zero-order valence-electron chi connectivity index (χ0n) is 11.8. The van der Waals surface area contributed by atoms with E-state index in [9.17, 15) is 18.5 Å². The standard InChI is InChI=1S/C13H20BNO4S/c1-10-5-7-15(8-6-10)20(18,19)13-9-12(14(16)17)4-3-11(13)2/h3-4,9-10,16-17H,5-8H2,1-2H3. The van der Waals surface area contributed by atoms with Gasteiger partial charge in [0, 0.05) is 13.1 Å². The molecule has 1 heterocycles. The lowest BCUT2D eigenvalue weighted by Gasteiger charge is -2.30. The van der Waals surface area contributed by atoms with Crippen LogP contribution in [0.25, 0.3) is 0 Å². The van der Waals surface area contributed by atoms with Crippen LogP contribution in [0.4, 0.5) is 0 Å². The molecule has 2 N–H and O–H groups in total. The predicted octanol–water partition coefficient (Wildman–Crippen LogP) is 0.0954. The molecule has 0 saturated carbocycles. The van der Waals surface area contributed by atoms with E-state index in [1.54, 1.807) is 13.0 Å². The van der Waals surface area contributed by atoms with Crippen LogP contribution in [-0.4, -0.2) is 43.0 Å². The van der Waals surface area contributed by atoms with Crippen molar-refractivity contribution in [2.45, 2.75) is 31.6 Å². The second-order valence-electron chi connectivity index (χ2n) is 5.49. The maximum atomic E-state index is 12.7. The summed E-state index contributed by atoms with van der Waals surface area (Å²) in [6.07, 6.45) is 1.72. The highest BCUT2D eigenvalue weighted by Crippen LogP contribution is 2.24. The molecule has 1 aliphatic heterocycles. The second-order valence-corrected chi connectivity index (χ2v) is 7.39. The van der Waals surface area contributed by atoms with E-state index in [2.05, 4.69) is 6.92 Å². The number of piperidine rings is 1. The summed E-state index contributed by atoms with van der Waals surface area (Å²) in [4.78, 5) is 0.164. The molecule has 110 valence electrons. The van der Waals surface area contributed by atoms with Gasteiger partial charge < -0.3 is 10.0 Å². The van der Waals surface area contributed by atoms with Gasteiger partial charge in [0.2, 0.25) is 10.0 Å². The van der Waals surface area contributed by atoms with Gasteiger partial charge in [-0.15, -0.1) is 0 Å². The highest BCUT2D eigenvalue weighted by Gasteiger charge is 2.30. The normalized spacial score (nSPS) is 18.2. The van der Waals surface area contributed by atoms with Crippen molar-refractivity contribution in [3.05, 3.63) is 23.8 Å². The highest BCUT2D eigenvalue weighted by atomic mass is 32.2. The molecule has 0 aromatic heterocycles. The summed E-state index contributed by atoms with van der Waals surface area (Å²) in [7, 11) is -5.22. The van der Waals surface area contributed by atoms with E-state index in [1.807, 2.05) is 0 Å². The van der Waals surface area contributed by atoms with Crippen LogP contribution in [0.1, 0.15) is 25.3 Å². The minimum absolute atomic E-state index is 0.164. The molecular weight excluding hydrogens is 277 g/mol. The molecule has 1 aliphatic rings. The minimum Gasteiger partial charge on any atom is -0.423 e. The van der Waals surface area contributed by atoms with E-state index in [0.717, 1.165) is 12.8 Å². The molecule has 2 rings (SSSR count). The number of hydrogen-bond acceptors (Lipinski definition) is 4. The largest absolute Gasteiger partial charge is 0.488 e. The molecule has 1 fully saturated rings. The van der Waals surface area contributed by atoms with Gasteiger partial charge >= 0.3 is 7.12 Å². The Morgan fingerprint density at radius 2 is 1.85 bits per heavy atom. The van der Waals surface area contributed by atoms with Crippen molar-refractivity contribution >= 4 is 22.6 Å². The molecule has 0 radical (unpaired) electrons. The third kappa shape index (κ3) is 3.06. The lowest BCUT2D eigenvalue weighted by atomic mass is 9.80. The van der Waals surface area contributed by atoms with Crippen LogP contribution in [-0.2, 0) is 10.0 Å². The number of aryl methyl sites for hydroxylation is 1. The first kappa shape index (κ1) is 15.5. The van der Waals surface area contributed by atoms with Gasteiger partial charge in [0.1, 0.15) is 0 Å². The average Bonchev–Trinajstić information content (AvgIpc) is 2.39. The van der Waals surface area contributed by atoms with Crippen LogP contribution in [0.2, 0.25) is 0 Å². The number of benzene rings is 1. The molecule has 5 nitrogen and oxygen atoms in total. The zero-order chi connectivity index (χ0) is 14.9. The third-order valence-electron chi connectivity index (χ3n) is 3.87.